The Bertz CT molecular complexity index is 895. The van der Waals surface area contributed by atoms with E-state index in [0.717, 1.165) is 12.8 Å². The average molecular weight is 454 g/mol. The lowest BCUT2D eigenvalue weighted by molar-refractivity contribution is -0.149. The molecule has 1 aliphatic heterocycles. The molecule has 1 amide bonds. The Morgan fingerprint density at radius 1 is 1.23 bits per heavy atom. The largest absolute Gasteiger partial charge is 0.493 e. The third-order valence-corrected chi connectivity index (χ3v) is 6.71. The Kier molecular flexibility index (Phi) is 9.36. The third kappa shape index (κ3) is 7.57. The summed E-state index contributed by atoms with van der Waals surface area (Å²) in [6.07, 6.45) is 4.85. The van der Waals surface area contributed by atoms with Crippen molar-refractivity contribution >= 4 is 27.8 Å². The molecule has 2 rings (SSSR count). The standard InChI is InChI=1S/C22H31NO7S/c1-4-6-12-23(18-11-13-31(26,27)16-18)21(24)15-30-22(25)10-8-17-7-9-19(29-5-2)20(14-17)28-3/h7-10,14,18H,4-6,11-13,15-16H2,1-3H3/b10-8+. The number of carbonyl (C=O) groups is 2. The first-order valence-corrected chi connectivity index (χ1v) is 12.3. The summed E-state index contributed by atoms with van der Waals surface area (Å²) < 4.78 is 39.4. The van der Waals surface area contributed by atoms with Gasteiger partial charge in [-0.2, -0.15) is 0 Å². The van der Waals surface area contributed by atoms with E-state index in [1.54, 1.807) is 29.2 Å². The number of rotatable bonds is 11. The topological polar surface area (TPSA) is 99.2 Å². The second-order valence-corrected chi connectivity index (χ2v) is 9.51. The summed E-state index contributed by atoms with van der Waals surface area (Å²) in [6, 6.07) is 4.90. The summed E-state index contributed by atoms with van der Waals surface area (Å²) >= 11 is 0. The molecule has 0 N–H and O–H groups in total. The van der Waals surface area contributed by atoms with Crippen molar-refractivity contribution in [2.24, 2.45) is 0 Å². The normalized spacial score (nSPS) is 17.5. The number of carbonyl (C=O) groups excluding carboxylic acids is 2. The first-order valence-electron chi connectivity index (χ1n) is 10.4. The molecule has 172 valence electrons. The van der Waals surface area contributed by atoms with Gasteiger partial charge in [0.1, 0.15) is 0 Å². The molecule has 1 aromatic rings. The van der Waals surface area contributed by atoms with Crippen molar-refractivity contribution in [2.75, 3.05) is 38.4 Å². The van der Waals surface area contributed by atoms with Gasteiger partial charge in [0.25, 0.3) is 5.91 Å². The van der Waals surface area contributed by atoms with Gasteiger partial charge in [0.05, 0.1) is 25.2 Å². The van der Waals surface area contributed by atoms with Crippen LogP contribution in [0.15, 0.2) is 24.3 Å². The molecule has 1 saturated heterocycles. The molecule has 1 fully saturated rings. The van der Waals surface area contributed by atoms with Crippen LogP contribution in [-0.2, 0) is 24.2 Å². The fraction of sp³-hybridized carbons (Fsp3) is 0.545. The third-order valence-electron chi connectivity index (χ3n) is 4.96. The number of hydrogen-bond acceptors (Lipinski definition) is 7. The molecule has 0 spiro atoms. The summed E-state index contributed by atoms with van der Waals surface area (Å²) in [5.41, 5.74) is 0.712. The SMILES string of the molecule is CCCCN(C(=O)COC(=O)/C=C/c1ccc(OCC)c(OC)c1)C1CCS(=O)(=O)C1. The zero-order chi connectivity index (χ0) is 22.9. The van der Waals surface area contributed by atoms with E-state index in [1.807, 2.05) is 13.8 Å². The number of ether oxygens (including phenoxy) is 3. The van der Waals surface area contributed by atoms with E-state index in [2.05, 4.69) is 0 Å². The van der Waals surface area contributed by atoms with Gasteiger partial charge in [-0.15, -0.1) is 0 Å². The number of esters is 1. The zero-order valence-corrected chi connectivity index (χ0v) is 19.2. The van der Waals surface area contributed by atoms with E-state index in [4.69, 9.17) is 14.2 Å². The van der Waals surface area contributed by atoms with Crippen molar-refractivity contribution in [2.45, 2.75) is 39.2 Å². The van der Waals surface area contributed by atoms with E-state index in [1.165, 1.54) is 13.2 Å². The highest BCUT2D eigenvalue weighted by Crippen LogP contribution is 2.28. The molecule has 0 radical (unpaired) electrons. The quantitative estimate of drug-likeness (QED) is 0.375. The van der Waals surface area contributed by atoms with E-state index < -0.39 is 22.4 Å². The number of amides is 1. The summed E-state index contributed by atoms with van der Waals surface area (Å²) in [5.74, 6) is 0.176. The van der Waals surface area contributed by atoms with Crippen LogP contribution in [0.2, 0.25) is 0 Å². The van der Waals surface area contributed by atoms with Crippen LogP contribution in [0.1, 0.15) is 38.7 Å². The maximum absolute atomic E-state index is 12.6. The van der Waals surface area contributed by atoms with Crippen molar-refractivity contribution in [1.82, 2.24) is 4.90 Å². The average Bonchev–Trinajstić information content (AvgIpc) is 3.11. The van der Waals surface area contributed by atoms with E-state index in [-0.39, 0.29) is 23.5 Å². The second-order valence-electron chi connectivity index (χ2n) is 7.28. The molecule has 1 aromatic carbocycles. The van der Waals surface area contributed by atoms with Crippen molar-refractivity contribution in [3.05, 3.63) is 29.8 Å². The molecule has 8 nitrogen and oxygen atoms in total. The van der Waals surface area contributed by atoms with Crippen molar-refractivity contribution in [3.8, 4) is 11.5 Å². The maximum Gasteiger partial charge on any atom is 0.331 e. The zero-order valence-electron chi connectivity index (χ0n) is 18.3. The Morgan fingerprint density at radius 2 is 2.00 bits per heavy atom. The number of unbranched alkanes of at least 4 members (excludes halogenated alkanes) is 1. The van der Waals surface area contributed by atoms with Gasteiger partial charge in [-0.1, -0.05) is 19.4 Å². The van der Waals surface area contributed by atoms with Gasteiger partial charge in [-0.25, -0.2) is 13.2 Å². The van der Waals surface area contributed by atoms with Crippen LogP contribution in [0.5, 0.6) is 11.5 Å². The van der Waals surface area contributed by atoms with Gasteiger partial charge in [0.2, 0.25) is 0 Å². The lowest BCUT2D eigenvalue weighted by atomic mass is 10.2. The van der Waals surface area contributed by atoms with Gasteiger partial charge < -0.3 is 19.1 Å². The Morgan fingerprint density at radius 3 is 2.61 bits per heavy atom. The highest BCUT2D eigenvalue weighted by atomic mass is 32.2. The maximum atomic E-state index is 12.6. The van der Waals surface area contributed by atoms with Gasteiger partial charge in [-0.05, 0) is 43.5 Å². The van der Waals surface area contributed by atoms with Crippen LogP contribution >= 0.6 is 0 Å². The molecular formula is C22H31NO7S. The molecule has 0 aromatic heterocycles. The molecule has 0 bridgehead atoms. The van der Waals surface area contributed by atoms with Gasteiger partial charge in [0.15, 0.2) is 27.9 Å². The first kappa shape index (κ1) is 24.7. The number of hydrogen-bond donors (Lipinski definition) is 0. The highest BCUT2D eigenvalue weighted by Gasteiger charge is 2.34. The minimum absolute atomic E-state index is 0.0319. The fourth-order valence-electron chi connectivity index (χ4n) is 3.35. The van der Waals surface area contributed by atoms with E-state index in [9.17, 15) is 18.0 Å². The molecule has 1 atom stereocenters. The lowest BCUT2D eigenvalue weighted by Crippen LogP contribution is -2.43. The van der Waals surface area contributed by atoms with E-state index >= 15 is 0 Å². The second kappa shape index (κ2) is 11.7. The Hall–Kier alpha value is -2.55. The van der Waals surface area contributed by atoms with Crippen LogP contribution in [0.25, 0.3) is 6.08 Å². The van der Waals surface area contributed by atoms with Crippen LogP contribution in [0, 0.1) is 0 Å². The number of methoxy groups -OCH3 is 1. The lowest BCUT2D eigenvalue weighted by Gasteiger charge is -2.28. The number of nitrogens with zero attached hydrogens (tertiary/aromatic N) is 1. The van der Waals surface area contributed by atoms with Crippen LogP contribution < -0.4 is 9.47 Å². The predicted molar refractivity (Wildman–Crippen MR) is 118 cm³/mol. The monoisotopic (exact) mass is 453 g/mol. The molecule has 9 heteroatoms. The Labute approximate surface area is 184 Å². The first-order chi connectivity index (χ1) is 14.8. The van der Waals surface area contributed by atoms with Gasteiger partial charge in [-0.3, -0.25) is 4.79 Å². The summed E-state index contributed by atoms with van der Waals surface area (Å²) in [7, 11) is -1.58. The molecule has 0 aliphatic carbocycles. The molecule has 1 heterocycles. The Balaban J connectivity index is 1.94. The van der Waals surface area contributed by atoms with Crippen molar-refractivity contribution in [1.29, 1.82) is 0 Å². The highest BCUT2D eigenvalue weighted by molar-refractivity contribution is 7.91. The van der Waals surface area contributed by atoms with Crippen LogP contribution in [0.3, 0.4) is 0 Å². The van der Waals surface area contributed by atoms with Gasteiger partial charge in [0, 0.05) is 18.7 Å². The number of sulfone groups is 1. The summed E-state index contributed by atoms with van der Waals surface area (Å²) in [6.45, 7) is 4.41. The molecule has 31 heavy (non-hydrogen) atoms. The minimum Gasteiger partial charge on any atom is -0.493 e. The molecular weight excluding hydrogens is 422 g/mol. The molecule has 0 saturated carbocycles. The minimum atomic E-state index is -3.11. The smallest absolute Gasteiger partial charge is 0.331 e. The summed E-state index contributed by atoms with van der Waals surface area (Å²) in [5, 5.41) is 0. The van der Waals surface area contributed by atoms with Crippen LogP contribution in [-0.4, -0.2) is 69.6 Å². The number of benzene rings is 1. The van der Waals surface area contributed by atoms with Crippen molar-refractivity contribution in [3.63, 3.8) is 0 Å². The van der Waals surface area contributed by atoms with E-state index in [0.29, 0.717) is 36.6 Å². The fourth-order valence-corrected chi connectivity index (χ4v) is 5.08. The summed E-state index contributed by atoms with van der Waals surface area (Å²) in [4.78, 5) is 26.2. The molecule has 1 aliphatic rings. The van der Waals surface area contributed by atoms with Crippen LogP contribution in [0.4, 0.5) is 0 Å². The van der Waals surface area contributed by atoms with Gasteiger partial charge >= 0.3 is 5.97 Å². The molecule has 1 unspecified atom stereocenters. The van der Waals surface area contributed by atoms with Crippen molar-refractivity contribution < 1.29 is 32.2 Å². The predicted octanol–water partition coefficient (Wildman–Crippen LogP) is 2.47.